The third-order valence-corrected chi connectivity index (χ3v) is 4.17. The highest BCUT2D eigenvalue weighted by Gasteiger charge is 2.27. The molecule has 8 heteroatoms. The van der Waals surface area contributed by atoms with Gasteiger partial charge in [-0.3, -0.25) is 9.69 Å². The van der Waals surface area contributed by atoms with Gasteiger partial charge in [0.25, 0.3) is 5.91 Å². The van der Waals surface area contributed by atoms with E-state index >= 15 is 0 Å². The van der Waals surface area contributed by atoms with E-state index in [1.165, 1.54) is 4.90 Å². The number of nitrogens with zero attached hydrogens (tertiary/aromatic N) is 2. The molecule has 0 heterocycles. The maximum atomic E-state index is 12.5. The standard InChI is InChI=1S/C22H24N4O4/c1-16(2)20(25-22(29)24-17-9-5-3-6-10-17)21(28)30-15-19(27)26(14-13-23)18-11-7-4-8-12-18/h3-12,16,20H,14-15H2,1-2H3,(H2,24,25,29)/t20-/m1/s1. The van der Waals surface area contributed by atoms with E-state index in [2.05, 4.69) is 10.6 Å². The number of carbonyl (C=O) groups is 3. The highest BCUT2D eigenvalue weighted by molar-refractivity contribution is 5.96. The zero-order valence-corrected chi connectivity index (χ0v) is 16.9. The van der Waals surface area contributed by atoms with Gasteiger partial charge in [0.15, 0.2) is 6.61 Å². The summed E-state index contributed by atoms with van der Waals surface area (Å²) in [5.41, 5.74) is 1.11. The molecule has 156 valence electrons. The number of urea groups is 1. The van der Waals surface area contributed by atoms with Gasteiger partial charge >= 0.3 is 12.0 Å². The first-order valence-electron chi connectivity index (χ1n) is 9.44. The normalized spacial score (nSPS) is 11.1. The summed E-state index contributed by atoms with van der Waals surface area (Å²) in [6.07, 6.45) is 0. The summed E-state index contributed by atoms with van der Waals surface area (Å²) in [6.45, 7) is 2.79. The minimum absolute atomic E-state index is 0.175. The lowest BCUT2D eigenvalue weighted by molar-refractivity contribution is -0.150. The second kappa shape index (κ2) is 11.2. The predicted octanol–water partition coefficient (Wildman–Crippen LogP) is 2.93. The van der Waals surface area contributed by atoms with Crippen molar-refractivity contribution in [3.05, 3.63) is 60.7 Å². The lowest BCUT2D eigenvalue weighted by Gasteiger charge is -2.23. The molecular formula is C22H24N4O4. The minimum Gasteiger partial charge on any atom is -0.454 e. The first-order chi connectivity index (χ1) is 14.4. The first-order valence-corrected chi connectivity index (χ1v) is 9.44. The SMILES string of the molecule is CC(C)[C@@H](NC(=O)Nc1ccccc1)C(=O)OCC(=O)N(CC#N)c1ccccc1. The van der Waals surface area contributed by atoms with Crippen LogP contribution in [-0.4, -0.2) is 37.1 Å². The Morgan fingerprint density at radius 3 is 2.20 bits per heavy atom. The van der Waals surface area contributed by atoms with Gasteiger partial charge in [-0.15, -0.1) is 0 Å². The zero-order valence-electron chi connectivity index (χ0n) is 16.9. The summed E-state index contributed by atoms with van der Waals surface area (Å²) in [5.74, 6) is -1.53. The summed E-state index contributed by atoms with van der Waals surface area (Å²) < 4.78 is 5.15. The van der Waals surface area contributed by atoms with Crippen LogP contribution in [0.3, 0.4) is 0 Å². The number of nitrogens with one attached hydrogen (secondary N) is 2. The molecule has 0 saturated carbocycles. The van der Waals surface area contributed by atoms with Gasteiger partial charge in [-0.1, -0.05) is 50.2 Å². The van der Waals surface area contributed by atoms with E-state index in [0.29, 0.717) is 11.4 Å². The summed E-state index contributed by atoms with van der Waals surface area (Å²) in [5, 5.41) is 14.2. The fourth-order valence-electron chi connectivity index (χ4n) is 2.63. The Hall–Kier alpha value is -3.86. The highest BCUT2D eigenvalue weighted by atomic mass is 16.5. The Morgan fingerprint density at radius 2 is 1.63 bits per heavy atom. The second-order valence-electron chi connectivity index (χ2n) is 6.77. The second-order valence-corrected chi connectivity index (χ2v) is 6.77. The van der Waals surface area contributed by atoms with Gasteiger partial charge in [0, 0.05) is 11.4 Å². The van der Waals surface area contributed by atoms with E-state index in [1.54, 1.807) is 68.4 Å². The maximum absolute atomic E-state index is 12.5. The van der Waals surface area contributed by atoms with Gasteiger partial charge in [-0.2, -0.15) is 5.26 Å². The van der Waals surface area contributed by atoms with Crippen molar-refractivity contribution in [2.24, 2.45) is 5.92 Å². The fourth-order valence-corrected chi connectivity index (χ4v) is 2.63. The van der Waals surface area contributed by atoms with Crippen LogP contribution in [0.15, 0.2) is 60.7 Å². The van der Waals surface area contributed by atoms with Crippen molar-refractivity contribution in [3.8, 4) is 6.07 Å². The predicted molar refractivity (Wildman–Crippen MR) is 113 cm³/mol. The van der Waals surface area contributed by atoms with Crippen molar-refractivity contribution in [1.29, 1.82) is 5.26 Å². The van der Waals surface area contributed by atoms with Gasteiger partial charge in [-0.05, 0) is 30.2 Å². The van der Waals surface area contributed by atoms with E-state index < -0.39 is 30.6 Å². The molecule has 30 heavy (non-hydrogen) atoms. The quantitative estimate of drug-likeness (QED) is 0.515. The van der Waals surface area contributed by atoms with Crippen molar-refractivity contribution in [1.82, 2.24) is 5.32 Å². The van der Waals surface area contributed by atoms with E-state index in [1.807, 2.05) is 12.1 Å². The average Bonchev–Trinajstić information content (AvgIpc) is 2.75. The first kappa shape index (κ1) is 22.4. The monoisotopic (exact) mass is 408 g/mol. The number of rotatable bonds is 8. The number of para-hydroxylation sites is 2. The van der Waals surface area contributed by atoms with Gasteiger partial charge in [0.2, 0.25) is 0 Å². The number of benzene rings is 2. The van der Waals surface area contributed by atoms with Crippen LogP contribution in [-0.2, 0) is 14.3 Å². The molecule has 0 unspecified atom stereocenters. The number of nitriles is 1. The van der Waals surface area contributed by atoms with Crippen LogP contribution in [0.4, 0.5) is 16.2 Å². The smallest absolute Gasteiger partial charge is 0.329 e. The largest absolute Gasteiger partial charge is 0.454 e. The van der Waals surface area contributed by atoms with E-state index in [4.69, 9.17) is 10.00 Å². The van der Waals surface area contributed by atoms with Gasteiger partial charge in [0.1, 0.15) is 12.6 Å². The van der Waals surface area contributed by atoms with Crippen molar-refractivity contribution < 1.29 is 19.1 Å². The van der Waals surface area contributed by atoms with E-state index in [-0.39, 0.29) is 12.5 Å². The molecule has 0 bridgehead atoms. The lowest BCUT2D eigenvalue weighted by atomic mass is 10.1. The molecule has 2 aromatic rings. The Labute approximate surface area is 175 Å². The van der Waals surface area contributed by atoms with Crippen LogP contribution in [0, 0.1) is 17.2 Å². The van der Waals surface area contributed by atoms with Crippen LogP contribution in [0.5, 0.6) is 0 Å². The Balaban J connectivity index is 1.96. The highest BCUT2D eigenvalue weighted by Crippen LogP contribution is 2.13. The lowest BCUT2D eigenvalue weighted by Crippen LogP contribution is -2.48. The average molecular weight is 408 g/mol. The topological polar surface area (TPSA) is 112 Å². The van der Waals surface area contributed by atoms with Crippen LogP contribution >= 0.6 is 0 Å². The number of amides is 3. The van der Waals surface area contributed by atoms with Crippen LogP contribution < -0.4 is 15.5 Å². The zero-order chi connectivity index (χ0) is 21.9. The minimum atomic E-state index is -0.942. The van der Waals surface area contributed by atoms with Crippen LogP contribution in [0.25, 0.3) is 0 Å². The molecule has 0 fully saturated rings. The number of ether oxygens (including phenoxy) is 1. The molecule has 0 aliphatic carbocycles. The van der Waals surface area contributed by atoms with Crippen molar-refractivity contribution in [3.63, 3.8) is 0 Å². The number of carbonyl (C=O) groups excluding carboxylic acids is 3. The molecule has 2 rings (SSSR count). The molecule has 8 nitrogen and oxygen atoms in total. The van der Waals surface area contributed by atoms with Gasteiger partial charge in [0.05, 0.1) is 6.07 Å². The third-order valence-electron chi connectivity index (χ3n) is 4.17. The molecule has 2 N–H and O–H groups in total. The molecular weight excluding hydrogens is 384 g/mol. The molecule has 2 aromatic carbocycles. The Bertz CT molecular complexity index is 894. The summed E-state index contributed by atoms with van der Waals surface area (Å²) in [6, 6.07) is 17.9. The molecule has 0 aromatic heterocycles. The van der Waals surface area contributed by atoms with E-state index in [0.717, 1.165) is 0 Å². The van der Waals surface area contributed by atoms with E-state index in [9.17, 15) is 14.4 Å². The number of esters is 1. The van der Waals surface area contributed by atoms with Crippen molar-refractivity contribution in [2.75, 3.05) is 23.4 Å². The molecule has 0 saturated heterocycles. The third kappa shape index (κ3) is 6.63. The molecule has 0 aliphatic rings. The Morgan fingerprint density at radius 1 is 1.03 bits per heavy atom. The molecule has 0 spiro atoms. The maximum Gasteiger partial charge on any atom is 0.329 e. The molecule has 0 aliphatic heterocycles. The molecule has 3 amide bonds. The summed E-state index contributed by atoms with van der Waals surface area (Å²) in [7, 11) is 0. The van der Waals surface area contributed by atoms with Crippen molar-refractivity contribution in [2.45, 2.75) is 19.9 Å². The number of hydrogen-bond acceptors (Lipinski definition) is 5. The summed E-state index contributed by atoms with van der Waals surface area (Å²) in [4.78, 5) is 38.4. The van der Waals surface area contributed by atoms with Crippen molar-refractivity contribution >= 4 is 29.3 Å². The van der Waals surface area contributed by atoms with Crippen LogP contribution in [0.2, 0.25) is 0 Å². The fraction of sp³-hybridized carbons (Fsp3) is 0.273. The van der Waals surface area contributed by atoms with Crippen LogP contribution in [0.1, 0.15) is 13.8 Å². The number of hydrogen-bond donors (Lipinski definition) is 2. The summed E-state index contributed by atoms with van der Waals surface area (Å²) >= 11 is 0. The number of anilines is 2. The Kier molecular flexibility index (Phi) is 8.39. The molecule has 0 radical (unpaired) electrons. The molecule has 1 atom stereocenters. The van der Waals surface area contributed by atoms with Gasteiger partial charge in [-0.25, -0.2) is 9.59 Å². The van der Waals surface area contributed by atoms with Gasteiger partial charge < -0.3 is 15.4 Å².